The second-order valence-corrected chi connectivity index (χ2v) is 6.17. The first kappa shape index (κ1) is 12.9. The SMILES string of the molecule is CCCC(C)CC(N)CS(C)(=O)=O. The lowest BCUT2D eigenvalue weighted by Gasteiger charge is -2.15. The maximum absolute atomic E-state index is 10.9. The Hall–Kier alpha value is -0.0900. The van der Waals surface area contributed by atoms with E-state index in [-0.39, 0.29) is 11.8 Å². The van der Waals surface area contributed by atoms with Crippen molar-refractivity contribution in [3.8, 4) is 0 Å². The average Bonchev–Trinajstić information content (AvgIpc) is 1.81. The third kappa shape index (κ3) is 8.25. The third-order valence-corrected chi connectivity index (χ3v) is 3.04. The molecule has 2 unspecified atom stereocenters. The van der Waals surface area contributed by atoms with Gasteiger partial charge in [0.25, 0.3) is 0 Å². The first-order valence-corrected chi connectivity index (χ1v) is 6.84. The first-order chi connectivity index (χ1) is 5.85. The molecule has 3 nitrogen and oxygen atoms in total. The topological polar surface area (TPSA) is 60.2 Å². The van der Waals surface area contributed by atoms with Crippen LogP contribution < -0.4 is 5.73 Å². The summed E-state index contributed by atoms with van der Waals surface area (Å²) in [6.07, 6.45) is 4.29. The monoisotopic (exact) mass is 207 g/mol. The lowest BCUT2D eigenvalue weighted by atomic mass is 9.99. The molecule has 80 valence electrons. The van der Waals surface area contributed by atoms with Crippen molar-refractivity contribution in [2.24, 2.45) is 11.7 Å². The molecule has 0 fully saturated rings. The molecule has 0 radical (unpaired) electrons. The van der Waals surface area contributed by atoms with E-state index in [4.69, 9.17) is 5.73 Å². The van der Waals surface area contributed by atoms with Crippen molar-refractivity contribution in [2.45, 2.75) is 39.2 Å². The fourth-order valence-electron chi connectivity index (χ4n) is 1.58. The van der Waals surface area contributed by atoms with Gasteiger partial charge in [-0.15, -0.1) is 0 Å². The molecule has 0 bridgehead atoms. The van der Waals surface area contributed by atoms with Gasteiger partial charge in [0.2, 0.25) is 0 Å². The fraction of sp³-hybridized carbons (Fsp3) is 1.00. The van der Waals surface area contributed by atoms with Crippen molar-refractivity contribution in [3.05, 3.63) is 0 Å². The molecular weight excluding hydrogens is 186 g/mol. The van der Waals surface area contributed by atoms with Gasteiger partial charge in [-0.2, -0.15) is 0 Å². The van der Waals surface area contributed by atoms with Gasteiger partial charge in [-0.05, 0) is 12.3 Å². The van der Waals surface area contributed by atoms with Crippen LogP contribution in [-0.2, 0) is 9.84 Å². The molecule has 0 aromatic carbocycles. The minimum Gasteiger partial charge on any atom is -0.327 e. The zero-order valence-electron chi connectivity index (χ0n) is 8.79. The molecule has 0 aliphatic rings. The Labute approximate surface area is 81.6 Å². The van der Waals surface area contributed by atoms with Crippen LogP contribution in [0.5, 0.6) is 0 Å². The molecule has 0 aromatic rings. The predicted molar refractivity (Wildman–Crippen MR) is 56.4 cm³/mol. The second kappa shape index (κ2) is 5.60. The summed E-state index contributed by atoms with van der Waals surface area (Å²) >= 11 is 0. The van der Waals surface area contributed by atoms with E-state index in [9.17, 15) is 8.42 Å². The highest BCUT2D eigenvalue weighted by Gasteiger charge is 2.13. The van der Waals surface area contributed by atoms with E-state index >= 15 is 0 Å². The van der Waals surface area contributed by atoms with Crippen LogP contribution in [0.3, 0.4) is 0 Å². The number of hydrogen-bond acceptors (Lipinski definition) is 3. The van der Waals surface area contributed by atoms with Crippen LogP contribution in [0.2, 0.25) is 0 Å². The van der Waals surface area contributed by atoms with E-state index in [0.717, 1.165) is 19.3 Å². The second-order valence-electron chi connectivity index (χ2n) is 3.98. The van der Waals surface area contributed by atoms with Gasteiger partial charge in [-0.3, -0.25) is 0 Å². The fourth-order valence-corrected chi connectivity index (χ4v) is 2.50. The summed E-state index contributed by atoms with van der Waals surface area (Å²) in [7, 11) is -2.91. The van der Waals surface area contributed by atoms with Crippen molar-refractivity contribution < 1.29 is 8.42 Å². The summed E-state index contributed by atoms with van der Waals surface area (Å²) in [5.41, 5.74) is 5.71. The molecule has 0 aliphatic heterocycles. The normalized spacial score (nSPS) is 16.9. The van der Waals surface area contributed by atoms with Crippen LogP contribution in [0.4, 0.5) is 0 Å². The number of nitrogens with two attached hydrogens (primary N) is 1. The summed E-state index contributed by atoms with van der Waals surface area (Å²) in [5, 5.41) is 0. The lowest BCUT2D eigenvalue weighted by molar-refractivity contribution is 0.446. The summed E-state index contributed by atoms with van der Waals surface area (Å²) in [5.74, 6) is 0.642. The Balaban J connectivity index is 3.80. The van der Waals surface area contributed by atoms with Crippen LogP contribution in [-0.4, -0.2) is 26.5 Å². The molecule has 2 N–H and O–H groups in total. The van der Waals surface area contributed by atoms with Gasteiger partial charge in [-0.25, -0.2) is 8.42 Å². The van der Waals surface area contributed by atoms with Crippen LogP contribution in [0, 0.1) is 5.92 Å². The third-order valence-electron chi connectivity index (χ3n) is 2.00. The highest BCUT2D eigenvalue weighted by Crippen LogP contribution is 2.12. The minimum absolute atomic E-state index is 0.112. The lowest BCUT2D eigenvalue weighted by Crippen LogP contribution is -2.30. The Morgan fingerprint density at radius 1 is 1.38 bits per heavy atom. The minimum atomic E-state index is -2.91. The van der Waals surface area contributed by atoms with Gasteiger partial charge >= 0.3 is 0 Å². The maximum Gasteiger partial charge on any atom is 0.148 e. The molecule has 13 heavy (non-hydrogen) atoms. The average molecular weight is 207 g/mol. The van der Waals surface area contributed by atoms with E-state index in [1.165, 1.54) is 6.26 Å². The number of hydrogen-bond donors (Lipinski definition) is 1. The molecule has 0 aromatic heterocycles. The van der Waals surface area contributed by atoms with Crippen molar-refractivity contribution in [1.82, 2.24) is 0 Å². The zero-order chi connectivity index (χ0) is 10.5. The predicted octanol–water partition coefficient (Wildman–Crippen LogP) is 1.18. The Bertz CT molecular complexity index is 224. The summed E-state index contributed by atoms with van der Waals surface area (Å²) in [6, 6.07) is -0.198. The van der Waals surface area contributed by atoms with Crippen LogP contribution in [0.25, 0.3) is 0 Å². The van der Waals surface area contributed by atoms with E-state index in [2.05, 4.69) is 13.8 Å². The van der Waals surface area contributed by atoms with Crippen LogP contribution >= 0.6 is 0 Å². The van der Waals surface area contributed by atoms with Crippen molar-refractivity contribution in [3.63, 3.8) is 0 Å². The Kier molecular flexibility index (Phi) is 5.56. The highest BCUT2D eigenvalue weighted by atomic mass is 32.2. The van der Waals surface area contributed by atoms with E-state index in [1.807, 2.05) is 0 Å². The van der Waals surface area contributed by atoms with Gasteiger partial charge in [0.15, 0.2) is 0 Å². The van der Waals surface area contributed by atoms with Gasteiger partial charge < -0.3 is 5.73 Å². The van der Waals surface area contributed by atoms with Crippen molar-refractivity contribution in [2.75, 3.05) is 12.0 Å². The van der Waals surface area contributed by atoms with Gasteiger partial charge in [0, 0.05) is 12.3 Å². The highest BCUT2D eigenvalue weighted by molar-refractivity contribution is 7.90. The molecule has 4 heteroatoms. The summed E-state index contributed by atoms with van der Waals surface area (Å²) in [4.78, 5) is 0. The van der Waals surface area contributed by atoms with E-state index < -0.39 is 9.84 Å². The molecule has 0 rings (SSSR count). The van der Waals surface area contributed by atoms with Crippen molar-refractivity contribution >= 4 is 9.84 Å². The molecule has 0 spiro atoms. The van der Waals surface area contributed by atoms with E-state index in [0.29, 0.717) is 5.92 Å². The Morgan fingerprint density at radius 2 is 1.92 bits per heavy atom. The summed E-state index contributed by atoms with van der Waals surface area (Å²) < 4.78 is 21.8. The smallest absolute Gasteiger partial charge is 0.148 e. The Morgan fingerprint density at radius 3 is 2.31 bits per heavy atom. The molecular formula is C9H21NO2S. The molecule has 0 heterocycles. The largest absolute Gasteiger partial charge is 0.327 e. The number of sulfone groups is 1. The zero-order valence-corrected chi connectivity index (χ0v) is 9.60. The van der Waals surface area contributed by atoms with Gasteiger partial charge in [0.1, 0.15) is 9.84 Å². The maximum atomic E-state index is 10.9. The van der Waals surface area contributed by atoms with E-state index in [1.54, 1.807) is 0 Å². The molecule has 0 amide bonds. The molecule has 0 saturated heterocycles. The quantitative estimate of drug-likeness (QED) is 0.711. The van der Waals surface area contributed by atoms with Gasteiger partial charge in [0.05, 0.1) is 5.75 Å². The molecule has 0 saturated carbocycles. The van der Waals surface area contributed by atoms with Crippen LogP contribution in [0.15, 0.2) is 0 Å². The van der Waals surface area contributed by atoms with Crippen LogP contribution in [0.1, 0.15) is 33.1 Å². The standard InChI is InChI=1S/C9H21NO2S/c1-4-5-8(2)6-9(10)7-13(3,11)12/h8-9H,4-7,10H2,1-3H3. The molecule has 2 atom stereocenters. The van der Waals surface area contributed by atoms with Gasteiger partial charge in [-0.1, -0.05) is 26.7 Å². The summed E-state index contributed by atoms with van der Waals surface area (Å²) in [6.45, 7) is 4.24. The molecule has 0 aliphatic carbocycles. The first-order valence-electron chi connectivity index (χ1n) is 4.78. The number of rotatable bonds is 6. The van der Waals surface area contributed by atoms with Crippen molar-refractivity contribution in [1.29, 1.82) is 0 Å².